The molecule has 1 amide bonds. The van der Waals surface area contributed by atoms with Gasteiger partial charge in [-0.3, -0.25) is 4.79 Å². The molecule has 0 saturated carbocycles. The van der Waals surface area contributed by atoms with Gasteiger partial charge in [0.15, 0.2) is 0 Å². The van der Waals surface area contributed by atoms with Crippen LogP contribution < -0.4 is 5.32 Å². The van der Waals surface area contributed by atoms with E-state index in [4.69, 9.17) is 0 Å². The molecule has 0 unspecified atom stereocenters. The van der Waals surface area contributed by atoms with Crippen LogP contribution in [0.1, 0.15) is 50.2 Å². The van der Waals surface area contributed by atoms with Crippen LogP contribution in [0.15, 0.2) is 18.2 Å². The lowest BCUT2D eigenvalue weighted by atomic mass is 9.98. The molecule has 0 saturated heterocycles. The van der Waals surface area contributed by atoms with E-state index in [2.05, 4.69) is 30.4 Å². The van der Waals surface area contributed by atoms with Crippen molar-refractivity contribution in [2.24, 2.45) is 0 Å². The maximum absolute atomic E-state index is 11.2. The summed E-state index contributed by atoms with van der Waals surface area (Å²) < 4.78 is 0. The van der Waals surface area contributed by atoms with Crippen LogP contribution in [0.3, 0.4) is 0 Å². The van der Waals surface area contributed by atoms with Crippen molar-refractivity contribution < 1.29 is 4.79 Å². The van der Waals surface area contributed by atoms with Gasteiger partial charge in [-0.05, 0) is 36.5 Å². The fourth-order valence-electron chi connectivity index (χ4n) is 2.35. The van der Waals surface area contributed by atoms with Crippen molar-refractivity contribution in [3.05, 3.63) is 29.3 Å². The van der Waals surface area contributed by atoms with E-state index in [9.17, 15) is 4.79 Å². The Morgan fingerprint density at radius 1 is 1.18 bits per heavy atom. The first-order valence-corrected chi connectivity index (χ1v) is 6.71. The zero-order valence-electron chi connectivity index (χ0n) is 10.6. The molecule has 1 heterocycles. The lowest BCUT2D eigenvalue weighted by Crippen LogP contribution is -2.18. The maximum Gasteiger partial charge on any atom is 0.224 e. The molecule has 1 aromatic carbocycles. The summed E-state index contributed by atoms with van der Waals surface area (Å²) in [4.78, 5) is 11.2. The molecule has 1 aliphatic heterocycles. The molecule has 1 aliphatic rings. The van der Waals surface area contributed by atoms with E-state index < -0.39 is 0 Å². The lowest BCUT2D eigenvalue weighted by molar-refractivity contribution is -0.116. The Hall–Kier alpha value is -1.31. The summed E-state index contributed by atoms with van der Waals surface area (Å²) in [6, 6.07) is 6.47. The Morgan fingerprint density at radius 2 is 2.06 bits per heavy atom. The first-order valence-electron chi connectivity index (χ1n) is 6.71. The van der Waals surface area contributed by atoms with Gasteiger partial charge in [0.25, 0.3) is 0 Å². The van der Waals surface area contributed by atoms with Crippen molar-refractivity contribution >= 4 is 11.6 Å². The number of carbonyl (C=O) groups excluding carboxylic acids is 1. The highest BCUT2D eigenvalue weighted by Crippen LogP contribution is 2.24. The number of rotatable bonds is 5. The molecule has 0 aromatic heterocycles. The van der Waals surface area contributed by atoms with Crippen LogP contribution in [0.2, 0.25) is 0 Å². The van der Waals surface area contributed by atoms with Crippen molar-refractivity contribution in [1.29, 1.82) is 0 Å². The number of hydrogen-bond acceptors (Lipinski definition) is 1. The smallest absolute Gasteiger partial charge is 0.224 e. The second-order valence-corrected chi connectivity index (χ2v) is 4.85. The molecule has 2 heteroatoms. The van der Waals surface area contributed by atoms with Gasteiger partial charge in [0.1, 0.15) is 0 Å². The number of benzene rings is 1. The van der Waals surface area contributed by atoms with Gasteiger partial charge < -0.3 is 5.32 Å². The number of fused-ring (bicyclic) bond motifs is 1. The van der Waals surface area contributed by atoms with Crippen molar-refractivity contribution in [2.75, 3.05) is 5.32 Å². The standard InChI is InChI=1S/C15H21NO/c1-2-3-4-5-6-12-7-9-14-13(11-12)8-10-15(17)16-14/h7,9,11H,2-6,8,10H2,1H3,(H,16,17). The van der Waals surface area contributed by atoms with Crippen LogP contribution in [-0.4, -0.2) is 5.91 Å². The molecule has 0 fully saturated rings. The topological polar surface area (TPSA) is 29.1 Å². The highest BCUT2D eigenvalue weighted by Gasteiger charge is 2.14. The SMILES string of the molecule is CCCCCCc1ccc2c(c1)CCC(=O)N2. The molecule has 0 atom stereocenters. The van der Waals surface area contributed by atoms with E-state index in [1.165, 1.54) is 43.2 Å². The van der Waals surface area contributed by atoms with Gasteiger partial charge in [-0.2, -0.15) is 0 Å². The Balaban J connectivity index is 1.94. The van der Waals surface area contributed by atoms with Crippen LogP contribution in [-0.2, 0) is 17.6 Å². The molecule has 17 heavy (non-hydrogen) atoms. The molecule has 0 aliphatic carbocycles. The average molecular weight is 231 g/mol. The van der Waals surface area contributed by atoms with Gasteiger partial charge in [-0.1, -0.05) is 38.3 Å². The van der Waals surface area contributed by atoms with Gasteiger partial charge in [0, 0.05) is 12.1 Å². The van der Waals surface area contributed by atoms with Crippen LogP contribution in [0.25, 0.3) is 0 Å². The minimum Gasteiger partial charge on any atom is -0.326 e. The summed E-state index contributed by atoms with van der Waals surface area (Å²) in [5, 5.41) is 2.92. The van der Waals surface area contributed by atoms with E-state index in [0.717, 1.165) is 12.1 Å². The number of nitrogens with one attached hydrogen (secondary N) is 1. The molecule has 92 valence electrons. The molecule has 1 N–H and O–H groups in total. The van der Waals surface area contributed by atoms with E-state index in [1.807, 2.05) is 0 Å². The Morgan fingerprint density at radius 3 is 2.88 bits per heavy atom. The second-order valence-electron chi connectivity index (χ2n) is 4.85. The maximum atomic E-state index is 11.2. The molecule has 0 radical (unpaired) electrons. The number of aryl methyl sites for hydroxylation is 2. The summed E-state index contributed by atoms with van der Waals surface area (Å²) in [6.07, 6.45) is 7.91. The molecule has 1 aromatic rings. The van der Waals surface area contributed by atoms with Crippen molar-refractivity contribution in [1.82, 2.24) is 0 Å². The predicted octanol–water partition coefficient (Wildman–Crippen LogP) is 3.69. The minimum atomic E-state index is 0.146. The van der Waals surface area contributed by atoms with Crippen molar-refractivity contribution in [3.8, 4) is 0 Å². The lowest BCUT2D eigenvalue weighted by Gasteiger charge is -2.17. The van der Waals surface area contributed by atoms with Gasteiger partial charge in [-0.25, -0.2) is 0 Å². The summed E-state index contributed by atoms with van der Waals surface area (Å²) in [5.74, 6) is 0.146. The fourth-order valence-corrected chi connectivity index (χ4v) is 2.35. The molecule has 2 nitrogen and oxygen atoms in total. The first-order chi connectivity index (χ1) is 8.29. The van der Waals surface area contributed by atoms with E-state index >= 15 is 0 Å². The molecule has 0 spiro atoms. The van der Waals surface area contributed by atoms with E-state index in [0.29, 0.717) is 6.42 Å². The summed E-state index contributed by atoms with van der Waals surface area (Å²) in [6.45, 7) is 2.24. The average Bonchev–Trinajstić information content (AvgIpc) is 2.35. The first kappa shape index (κ1) is 12.2. The van der Waals surface area contributed by atoms with Crippen molar-refractivity contribution in [2.45, 2.75) is 51.9 Å². The third kappa shape index (κ3) is 3.32. The van der Waals surface area contributed by atoms with Gasteiger partial charge in [0.2, 0.25) is 5.91 Å². The van der Waals surface area contributed by atoms with Crippen LogP contribution >= 0.6 is 0 Å². The molecular weight excluding hydrogens is 210 g/mol. The number of anilines is 1. The number of hydrogen-bond donors (Lipinski definition) is 1. The third-order valence-electron chi connectivity index (χ3n) is 3.38. The summed E-state index contributed by atoms with van der Waals surface area (Å²) >= 11 is 0. The highest BCUT2D eigenvalue weighted by atomic mass is 16.1. The third-order valence-corrected chi connectivity index (χ3v) is 3.38. The number of unbranched alkanes of at least 4 members (excludes halogenated alkanes) is 3. The largest absolute Gasteiger partial charge is 0.326 e. The Kier molecular flexibility index (Phi) is 4.18. The van der Waals surface area contributed by atoms with Crippen LogP contribution in [0, 0.1) is 0 Å². The quantitative estimate of drug-likeness (QED) is 0.769. The zero-order valence-corrected chi connectivity index (χ0v) is 10.6. The highest BCUT2D eigenvalue weighted by molar-refractivity contribution is 5.93. The van der Waals surface area contributed by atoms with Crippen molar-refractivity contribution in [3.63, 3.8) is 0 Å². The minimum absolute atomic E-state index is 0.146. The normalized spacial score (nSPS) is 14.3. The molecular formula is C15H21NO. The van der Waals surface area contributed by atoms with Crippen LogP contribution in [0.4, 0.5) is 5.69 Å². The van der Waals surface area contributed by atoms with Crippen LogP contribution in [0.5, 0.6) is 0 Å². The Bertz CT molecular complexity index is 398. The predicted molar refractivity (Wildman–Crippen MR) is 71.2 cm³/mol. The monoisotopic (exact) mass is 231 g/mol. The molecule has 2 rings (SSSR count). The number of amides is 1. The zero-order chi connectivity index (χ0) is 12.1. The van der Waals surface area contributed by atoms with Gasteiger partial charge >= 0.3 is 0 Å². The van der Waals surface area contributed by atoms with Gasteiger partial charge in [-0.15, -0.1) is 0 Å². The Labute approximate surface area is 103 Å². The van der Waals surface area contributed by atoms with E-state index in [1.54, 1.807) is 0 Å². The summed E-state index contributed by atoms with van der Waals surface area (Å²) in [7, 11) is 0. The fraction of sp³-hybridized carbons (Fsp3) is 0.533. The van der Waals surface area contributed by atoms with Gasteiger partial charge in [0.05, 0.1) is 0 Å². The second kappa shape index (κ2) is 5.85. The number of carbonyl (C=O) groups is 1. The van der Waals surface area contributed by atoms with E-state index in [-0.39, 0.29) is 5.91 Å². The molecule has 0 bridgehead atoms. The summed E-state index contributed by atoms with van der Waals surface area (Å²) in [5.41, 5.74) is 3.73.